The second-order valence-corrected chi connectivity index (χ2v) is 3.42. The van der Waals surface area contributed by atoms with Crippen molar-refractivity contribution in [1.82, 2.24) is 4.98 Å². The van der Waals surface area contributed by atoms with Crippen molar-refractivity contribution in [3.63, 3.8) is 0 Å². The molecule has 12 heavy (non-hydrogen) atoms. The van der Waals surface area contributed by atoms with Gasteiger partial charge in [-0.15, -0.1) is 0 Å². The van der Waals surface area contributed by atoms with Crippen LogP contribution in [0.4, 0.5) is 13.2 Å². The van der Waals surface area contributed by atoms with Crippen molar-refractivity contribution < 1.29 is 13.2 Å². The van der Waals surface area contributed by atoms with Crippen LogP contribution in [0.3, 0.4) is 0 Å². The smallest absolute Gasteiger partial charge is 0.218 e. The molecule has 0 unspecified atom stereocenters. The van der Waals surface area contributed by atoms with Crippen LogP contribution in [0.1, 0.15) is 12.1 Å². The molecule has 0 atom stereocenters. The highest BCUT2D eigenvalue weighted by Crippen LogP contribution is 2.25. The molecule has 0 spiro atoms. The molecule has 0 saturated heterocycles. The summed E-state index contributed by atoms with van der Waals surface area (Å²) < 4.78 is 36.7. The highest BCUT2D eigenvalue weighted by Gasteiger charge is 2.14. The Labute approximate surface area is 85.1 Å². The van der Waals surface area contributed by atoms with Gasteiger partial charge in [-0.05, 0) is 28.7 Å². The number of hydrogen-bond acceptors (Lipinski definition) is 1. The minimum Gasteiger partial charge on any atom is -0.218 e. The lowest BCUT2D eigenvalue weighted by atomic mass is 10.3. The van der Waals surface area contributed by atoms with Crippen LogP contribution in [-0.4, -0.2) is 4.98 Å². The molecular formula is C6H2ClF3IN. The highest BCUT2D eigenvalue weighted by molar-refractivity contribution is 14.1. The van der Waals surface area contributed by atoms with Gasteiger partial charge in [0.2, 0.25) is 5.95 Å². The van der Waals surface area contributed by atoms with Crippen LogP contribution in [0.25, 0.3) is 0 Å². The molecule has 0 amide bonds. The Bertz CT molecular complexity index is 282. The molecule has 0 N–H and O–H groups in total. The third-order valence-electron chi connectivity index (χ3n) is 1.12. The van der Waals surface area contributed by atoms with Gasteiger partial charge in [0, 0.05) is 0 Å². The number of pyridine rings is 1. The van der Waals surface area contributed by atoms with E-state index in [0.29, 0.717) is 0 Å². The van der Waals surface area contributed by atoms with E-state index in [1.165, 1.54) is 0 Å². The summed E-state index contributed by atoms with van der Waals surface area (Å²) >= 11 is 7.04. The van der Waals surface area contributed by atoms with Gasteiger partial charge in [0.15, 0.2) is 0 Å². The topological polar surface area (TPSA) is 12.9 Å². The number of rotatable bonds is 1. The summed E-state index contributed by atoms with van der Waals surface area (Å²) in [5, 5.41) is -0.0431. The average Bonchev–Trinajstić information content (AvgIpc) is 1.99. The predicted octanol–water partition coefficient (Wildman–Crippen LogP) is 3.42. The van der Waals surface area contributed by atoms with Crippen LogP contribution in [-0.2, 0) is 0 Å². The van der Waals surface area contributed by atoms with Gasteiger partial charge in [0.25, 0.3) is 6.43 Å². The van der Waals surface area contributed by atoms with Crippen molar-refractivity contribution in [2.75, 3.05) is 0 Å². The summed E-state index contributed by atoms with van der Waals surface area (Å²) in [6, 6.07) is 0.955. The highest BCUT2D eigenvalue weighted by atomic mass is 127. The van der Waals surface area contributed by atoms with Crippen LogP contribution in [0.15, 0.2) is 6.07 Å². The maximum atomic E-state index is 12.7. The maximum absolute atomic E-state index is 12.7. The van der Waals surface area contributed by atoms with Gasteiger partial charge in [-0.2, -0.15) is 4.39 Å². The molecule has 0 aliphatic heterocycles. The molecule has 0 saturated carbocycles. The minimum absolute atomic E-state index is 0.0431. The monoisotopic (exact) mass is 307 g/mol. The van der Waals surface area contributed by atoms with Crippen LogP contribution in [0, 0.1) is 9.52 Å². The molecule has 1 nitrogen and oxygen atoms in total. The summed E-state index contributed by atoms with van der Waals surface area (Å²) in [5.41, 5.74) is -0.641. The third kappa shape index (κ3) is 2.01. The fourth-order valence-electron chi connectivity index (χ4n) is 0.598. The van der Waals surface area contributed by atoms with Crippen molar-refractivity contribution in [3.8, 4) is 0 Å². The molecule has 1 heterocycles. The zero-order chi connectivity index (χ0) is 9.30. The lowest BCUT2D eigenvalue weighted by molar-refractivity contribution is 0.144. The molecule has 0 bridgehead atoms. The van der Waals surface area contributed by atoms with Crippen molar-refractivity contribution in [3.05, 3.63) is 26.3 Å². The van der Waals surface area contributed by atoms with Crippen LogP contribution < -0.4 is 0 Å². The molecule has 1 aromatic heterocycles. The zero-order valence-electron chi connectivity index (χ0n) is 5.49. The fraction of sp³-hybridized carbons (Fsp3) is 0.167. The Morgan fingerprint density at radius 3 is 2.50 bits per heavy atom. The Balaban J connectivity index is 3.21. The first-order valence-electron chi connectivity index (χ1n) is 2.82. The Morgan fingerprint density at radius 1 is 1.50 bits per heavy atom. The lowest BCUT2D eigenvalue weighted by Gasteiger charge is -2.01. The first-order valence-corrected chi connectivity index (χ1v) is 4.27. The first-order chi connectivity index (χ1) is 5.52. The number of aromatic nitrogens is 1. The number of halogens is 5. The van der Waals surface area contributed by atoms with Gasteiger partial charge >= 0.3 is 0 Å². The third-order valence-corrected chi connectivity index (χ3v) is 2.76. The normalized spacial score (nSPS) is 10.8. The molecule has 1 rings (SSSR count). The molecule has 66 valence electrons. The van der Waals surface area contributed by atoms with E-state index in [9.17, 15) is 13.2 Å². The average molecular weight is 307 g/mol. The standard InChI is InChI=1S/C6H2ClF3IN/c7-2-1-3(5(8)9)12-6(10)4(2)11/h1,5H. The molecular weight excluding hydrogens is 305 g/mol. The summed E-state index contributed by atoms with van der Waals surface area (Å²) in [6.45, 7) is 0. The minimum atomic E-state index is -2.80. The molecule has 1 aromatic rings. The Kier molecular flexibility index (Phi) is 3.16. The van der Waals surface area contributed by atoms with E-state index in [1.807, 2.05) is 0 Å². The van der Waals surface area contributed by atoms with Crippen LogP contribution in [0.5, 0.6) is 0 Å². The Hall–Kier alpha value is -0.0400. The lowest BCUT2D eigenvalue weighted by Crippen LogP contribution is -1.96. The maximum Gasteiger partial charge on any atom is 0.280 e. The van der Waals surface area contributed by atoms with E-state index >= 15 is 0 Å². The van der Waals surface area contributed by atoms with Crippen molar-refractivity contribution in [1.29, 1.82) is 0 Å². The van der Waals surface area contributed by atoms with E-state index < -0.39 is 18.1 Å². The first kappa shape index (κ1) is 10.0. The second-order valence-electron chi connectivity index (χ2n) is 1.93. The quantitative estimate of drug-likeness (QED) is 0.572. The van der Waals surface area contributed by atoms with E-state index in [2.05, 4.69) is 4.98 Å². The number of nitrogens with zero attached hydrogens (tertiary/aromatic N) is 1. The molecule has 0 fully saturated rings. The zero-order valence-corrected chi connectivity index (χ0v) is 8.41. The van der Waals surface area contributed by atoms with E-state index in [0.717, 1.165) is 6.07 Å². The van der Waals surface area contributed by atoms with Crippen molar-refractivity contribution >= 4 is 34.2 Å². The van der Waals surface area contributed by atoms with Crippen LogP contribution in [0.2, 0.25) is 5.02 Å². The molecule has 0 aliphatic rings. The molecule has 0 aliphatic carbocycles. The van der Waals surface area contributed by atoms with Gasteiger partial charge in [0.1, 0.15) is 5.69 Å². The Morgan fingerprint density at radius 2 is 2.08 bits per heavy atom. The summed E-state index contributed by atoms with van der Waals surface area (Å²) in [7, 11) is 0. The summed E-state index contributed by atoms with van der Waals surface area (Å²) in [6.07, 6.45) is -2.80. The van der Waals surface area contributed by atoms with Gasteiger partial charge in [-0.25, -0.2) is 13.8 Å². The second kappa shape index (κ2) is 3.78. The van der Waals surface area contributed by atoms with E-state index in [-0.39, 0.29) is 8.59 Å². The molecule has 0 aromatic carbocycles. The summed E-state index contributed by atoms with van der Waals surface area (Å²) in [4.78, 5) is 3.02. The fourth-order valence-corrected chi connectivity index (χ4v) is 1.06. The van der Waals surface area contributed by atoms with Gasteiger partial charge in [-0.1, -0.05) is 11.6 Å². The molecule has 0 radical (unpaired) electrons. The molecule has 6 heteroatoms. The largest absolute Gasteiger partial charge is 0.280 e. The van der Waals surface area contributed by atoms with Crippen LogP contribution >= 0.6 is 34.2 Å². The number of hydrogen-bond donors (Lipinski definition) is 0. The van der Waals surface area contributed by atoms with Gasteiger partial charge in [-0.3, -0.25) is 0 Å². The van der Waals surface area contributed by atoms with E-state index in [4.69, 9.17) is 11.6 Å². The summed E-state index contributed by atoms with van der Waals surface area (Å²) in [5.74, 6) is -0.960. The van der Waals surface area contributed by atoms with Gasteiger partial charge in [0.05, 0.1) is 8.59 Å². The SMILES string of the molecule is Fc1nc(C(F)F)cc(Cl)c1I. The van der Waals surface area contributed by atoms with Crippen molar-refractivity contribution in [2.24, 2.45) is 0 Å². The predicted molar refractivity (Wildman–Crippen MR) is 46.9 cm³/mol. The van der Waals surface area contributed by atoms with Crippen molar-refractivity contribution in [2.45, 2.75) is 6.43 Å². The van der Waals surface area contributed by atoms with Gasteiger partial charge < -0.3 is 0 Å². The van der Waals surface area contributed by atoms with E-state index in [1.54, 1.807) is 22.6 Å². The number of alkyl halides is 2.